The minimum Gasteiger partial charge on any atom is -0.493 e. The number of H-pyrrole nitrogens is 1. The average Bonchev–Trinajstić information content (AvgIpc) is 3.06. The molecular weight excluding hydrogens is 366 g/mol. The van der Waals surface area contributed by atoms with E-state index in [0.29, 0.717) is 11.3 Å². The highest BCUT2D eigenvalue weighted by Gasteiger charge is 2.20. The number of carbonyl (C=O) groups is 1. The Morgan fingerprint density at radius 1 is 1.14 bits per heavy atom. The van der Waals surface area contributed by atoms with Crippen LogP contribution < -0.4 is 14.8 Å². The number of rotatable bonds is 5. The van der Waals surface area contributed by atoms with Crippen LogP contribution in [0, 0.1) is 0 Å². The normalized spacial score (nSPS) is 13.4. The minimum atomic E-state index is -2.99. The summed E-state index contributed by atoms with van der Waals surface area (Å²) in [7, 11) is 1.36. The van der Waals surface area contributed by atoms with Crippen LogP contribution in [-0.2, 0) is 12.8 Å². The molecular formula is C21H20F2N2O3. The van der Waals surface area contributed by atoms with Crippen molar-refractivity contribution in [1.29, 1.82) is 0 Å². The first-order chi connectivity index (χ1) is 13.6. The van der Waals surface area contributed by atoms with Gasteiger partial charge in [0.05, 0.1) is 18.2 Å². The molecule has 1 aromatic heterocycles. The minimum absolute atomic E-state index is 0.135. The molecule has 2 aromatic carbocycles. The number of hydrogen-bond donors (Lipinski definition) is 2. The number of halogens is 2. The zero-order chi connectivity index (χ0) is 19.7. The number of aryl methyl sites for hydroxylation is 2. The molecule has 7 heteroatoms. The second kappa shape index (κ2) is 7.50. The van der Waals surface area contributed by atoms with E-state index in [1.165, 1.54) is 30.5 Å². The maximum absolute atomic E-state index is 12.9. The molecule has 3 aromatic rings. The number of benzene rings is 2. The summed E-state index contributed by atoms with van der Waals surface area (Å²) in [5.74, 6) is -0.293. The molecule has 0 aliphatic heterocycles. The van der Waals surface area contributed by atoms with E-state index >= 15 is 0 Å². The van der Waals surface area contributed by atoms with Gasteiger partial charge in [-0.05, 0) is 49.4 Å². The highest BCUT2D eigenvalue weighted by molar-refractivity contribution is 6.12. The summed E-state index contributed by atoms with van der Waals surface area (Å²) >= 11 is 0. The first kappa shape index (κ1) is 18.3. The molecule has 2 N–H and O–H groups in total. The second-order valence-electron chi connectivity index (χ2n) is 6.72. The lowest BCUT2D eigenvalue weighted by Gasteiger charge is -2.12. The van der Waals surface area contributed by atoms with Gasteiger partial charge in [0.25, 0.3) is 5.91 Å². The van der Waals surface area contributed by atoms with Crippen LogP contribution in [0.3, 0.4) is 0 Å². The van der Waals surface area contributed by atoms with E-state index in [2.05, 4.69) is 15.0 Å². The van der Waals surface area contributed by atoms with Crippen molar-refractivity contribution >= 4 is 22.5 Å². The third-order valence-corrected chi connectivity index (χ3v) is 5.02. The molecule has 0 fully saturated rings. The lowest BCUT2D eigenvalue weighted by Crippen LogP contribution is -2.13. The Bertz CT molecular complexity index is 1030. The smallest absolute Gasteiger partial charge is 0.387 e. The standard InChI is InChI=1S/C21H20F2N2O3/c1-27-17-10-9-12(11-18(17)28-21(22)23)24-20(26)15-7-4-6-14-13-5-2-3-8-16(13)25-19(14)15/h4,6-7,9-11,21,25H,2-3,5,8H2,1H3,(H,24,26). The van der Waals surface area contributed by atoms with Crippen molar-refractivity contribution in [3.8, 4) is 11.5 Å². The van der Waals surface area contributed by atoms with Gasteiger partial charge >= 0.3 is 6.61 Å². The molecule has 1 heterocycles. The fourth-order valence-electron chi connectivity index (χ4n) is 3.76. The van der Waals surface area contributed by atoms with E-state index in [4.69, 9.17) is 4.74 Å². The van der Waals surface area contributed by atoms with Gasteiger partial charge in [0.2, 0.25) is 0 Å². The predicted octanol–water partition coefficient (Wildman–Crippen LogP) is 4.91. The third-order valence-electron chi connectivity index (χ3n) is 5.02. The summed E-state index contributed by atoms with van der Waals surface area (Å²) < 4.78 is 34.7. The van der Waals surface area contributed by atoms with Crippen LogP contribution in [0.25, 0.3) is 10.9 Å². The van der Waals surface area contributed by atoms with Gasteiger partial charge in [-0.3, -0.25) is 4.79 Å². The van der Waals surface area contributed by atoms with E-state index in [1.54, 1.807) is 12.1 Å². The van der Waals surface area contributed by atoms with E-state index < -0.39 is 6.61 Å². The number of hydrogen-bond acceptors (Lipinski definition) is 3. The van der Waals surface area contributed by atoms with E-state index in [0.717, 1.165) is 36.6 Å². The highest BCUT2D eigenvalue weighted by Crippen LogP contribution is 2.33. The Hall–Kier alpha value is -3.09. The first-order valence-corrected chi connectivity index (χ1v) is 9.13. The van der Waals surface area contributed by atoms with Gasteiger partial charge in [-0.15, -0.1) is 0 Å². The van der Waals surface area contributed by atoms with E-state index in [1.807, 2.05) is 12.1 Å². The number of aromatic nitrogens is 1. The molecule has 0 atom stereocenters. The van der Waals surface area contributed by atoms with Crippen molar-refractivity contribution < 1.29 is 23.0 Å². The summed E-state index contributed by atoms with van der Waals surface area (Å²) in [5, 5.41) is 3.82. The lowest BCUT2D eigenvalue weighted by molar-refractivity contribution is -0.0511. The number of nitrogens with one attached hydrogen (secondary N) is 2. The summed E-state index contributed by atoms with van der Waals surface area (Å²) in [6, 6.07) is 10.0. The molecule has 28 heavy (non-hydrogen) atoms. The molecule has 0 unspecified atom stereocenters. The molecule has 1 aliphatic carbocycles. The van der Waals surface area contributed by atoms with Gasteiger partial charge in [-0.25, -0.2) is 0 Å². The summed E-state index contributed by atoms with van der Waals surface area (Å²) in [6.07, 6.45) is 4.28. The topological polar surface area (TPSA) is 63.3 Å². The van der Waals surface area contributed by atoms with Crippen molar-refractivity contribution in [2.75, 3.05) is 12.4 Å². The van der Waals surface area contributed by atoms with Crippen LogP contribution in [0.15, 0.2) is 36.4 Å². The Morgan fingerprint density at radius 2 is 1.96 bits per heavy atom. The van der Waals surface area contributed by atoms with Gasteiger partial charge in [0.1, 0.15) is 0 Å². The quantitative estimate of drug-likeness (QED) is 0.655. The highest BCUT2D eigenvalue weighted by atomic mass is 19.3. The van der Waals surface area contributed by atoms with Gasteiger partial charge in [0, 0.05) is 22.8 Å². The van der Waals surface area contributed by atoms with Crippen LogP contribution >= 0.6 is 0 Å². The summed E-state index contributed by atoms with van der Waals surface area (Å²) in [4.78, 5) is 16.3. The monoisotopic (exact) mass is 386 g/mol. The third kappa shape index (κ3) is 3.40. The number of ether oxygens (including phenoxy) is 2. The molecule has 4 rings (SSSR count). The zero-order valence-corrected chi connectivity index (χ0v) is 15.4. The number of fused-ring (bicyclic) bond motifs is 3. The maximum Gasteiger partial charge on any atom is 0.387 e. The molecule has 0 radical (unpaired) electrons. The number of alkyl halides is 2. The van der Waals surface area contributed by atoms with Crippen molar-refractivity contribution in [1.82, 2.24) is 4.98 Å². The Morgan fingerprint density at radius 3 is 2.75 bits per heavy atom. The molecule has 0 saturated carbocycles. The van der Waals surface area contributed by atoms with Crippen molar-refractivity contribution in [3.05, 3.63) is 53.2 Å². The SMILES string of the molecule is COc1ccc(NC(=O)c2cccc3c4c([nH]c23)CCCC4)cc1OC(F)F. The first-order valence-electron chi connectivity index (χ1n) is 9.13. The van der Waals surface area contributed by atoms with Crippen molar-refractivity contribution in [3.63, 3.8) is 0 Å². The fraction of sp³-hybridized carbons (Fsp3) is 0.286. The van der Waals surface area contributed by atoms with Crippen LogP contribution in [0.4, 0.5) is 14.5 Å². The molecule has 0 spiro atoms. The number of anilines is 1. The second-order valence-corrected chi connectivity index (χ2v) is 6.72. The molecule has 1 amide bonds. The van der Waals surface area contributed by atoms with Gasteiger partial charge < -0.3 is 19.8 Å². The number of aromatic amines is 1. The van der Waals surface area contributed by atoms with Crippen molar-refractivity contribution in [2.24, 2.45) is 0 Å². The zero-order valence-electron chi connectivity index (χ0n) is 15.4. The van der Waals surface area contributed by atoms with E-state index in [-0.39, 0.29) is 17.4 Å². The molecule has 1 aliphatic rings. The number of carbonyl (C=O) groups excluding carboxylic acids is 1. The molecule has 146 valence electrons. The fourth-order valence-corrected chi connectivity index (χ4v) is 3.76. The Labute approximate surface area is 160 Å². The summed E-state index contributed by atoms with van der Waals surface area (Å²) in [6.45, 7) is -2.99. The van der Waals surface area contributed by atoms with Crippen LogP contribution in [0.2, 0.25) is 0 Å². The predicted molar refractivity (Wildman–Crippen MR) is 103 cm³/mol. The largest absolute Gasteiger partial charge is 0.493 e. The maximum atomic E-state index is 12.9. The van der Waals surface area contributed by atoms with Gasteiger partial charge in [-0.1, -0.05) is 12.1 Å². The average molecular weight is 386 g/mol. The van der Waals surface area contributed by atoms with Gasteiger partial charge in [-0.2, -0.15) is 8.78 Å². The molecule has 0 saturated heterocycles. The Balaban J connectivity index is 1.65. The van der Waals surface area contributed by atoms with Crippen LogP contribution in [0.5, 0.6) is 11.5 Å². The molecule has 0 bridgehead atoms. The molecule has 5 nitrogen and oxygen atoms in total. The lowest BCUT2D eigenvalue weighted by atomic mass is 9.95. The van der Waals surface area contributed by atoms with Crippen LogP contribution in [-0.4, -0.2) is 24.6 Å². The Kier molecular flexibility index (Phi) is 4.90. The van der Waals surface area contributed by atoms with Gasteiger partial charge in [0.15, 0.2) is 11.5 Å². The number of methoxy groups -OCH3 is 1. The number of para-hydroxylation sites is 1. The van der Waals surface area contributed by atoms with E-state index in [9.17, 15) is 13.6 Å². The van der Waals surface area contributed by atoms with Crippen molar-refractivity contribution in [2.45, 2.75) is 32.3 Å². The number of amides is 1. The summed E-state index contributed by atoms with van der Waals surface area (Å²) in [5.41, 5.74) is 4.14. The van der Waals surface area contributed by atoms with Crippen LogP contribution in [0.1, 0.15) is 34.5 Å².